The fourth-order valence-electron chi connectivity index (χ4n) is 2.61. The molecule has 1 aromatic heterocycles. The maximum atomic E-state index is 12.4. The Bertz CT molecular complexity index is 911. The minimum atomic E-state index is -0.148. The van der Waals surface area contributed by atoms with Gasteiger partial charge in [0.15, 0.2) is 5.82 Å². The lowest BCUT2D eigenvalue weighted by molar-refractivity contribution is -0.115. The Balaban J connectivity index is 1.66. The summed E-state index contributed by atoms with van der Waals surface area (Å²) in [6, 6.07) is 14.7. The van der Waals surface area contributed by atoms with Crippen LogP contribution in [0.15, 0.2) is 60.9 Å². The highest BCUT2D eigenvalue weighted by Gasteiger charge is 2.13. The summed E-state index contributed by atoms with van der Waals surface area (Å²) in [4.78, 5) is 28.6. The van der Waals surface area contributed by atoms with Crippen molar-refractivity contribution in [1.82, 2.24) is 9.55 Å². The molecule has 0 fully saturated rings. The van der Waals surface area contributed by atoms with Crippen LogP contribution in [0.5, 0.6) is 0 Å². The van der Waals surface area contributed by atoms with E-state index in [1.165, 1.54) is 0 Å². The zero-order chi connectivity index (χ0) is 17.8. The summed E-state index contributed by atoms with van der Waals surface area (Å²) in [6.07, 6.45) is 3.64. The molecule has 0 aliphatic heterocycles. The van der Waals surface area contributed by atoms with E-state index in [9.17, 15) is 9.59 Å². The van der Waals surface area contributed by atoms with Crippen LogP contribution in [0.25, 0.3) is 0 Å². The van der Waals surface area contributed by atoms with Gasteiger partial charge >= 0.3 is 0 Å². The van der Waals surface area contributed by atoms with E-state index in [4.69, 9.17) is 0 Å². The van der Waals surface area contributed by atoms with Crippen LogP contribution in [0, 0.1) is 6.92 Å². The fourth-order valence-corrected chi connectivity index (χ4v) is 2.61. The van der Waals surface area contributed by atoms with Crippen molar-refractivity contribution in [2.75, 3.05) is 5.32 Å². The molecule has 1 N–H and O–H groups in total. The molecule has 0 unspecified atom stereocenters. The van der Waals surface area contributed by atoms with E-state index in [1.807, 2.05) is 31.2 Å². The highest BCUT2D eigenvalue weighted by molar-refractivity contribution is 6.07. The second-order valence-electron chi connectivity index (χ2n) is 5.92. The van der Waals surface area contributed by atoms with Crippen LogP contribution in [-0.2, 0) is 18.3 Å². The van der Waals surface area contributed by atoms with E-state index in [0.717, 1.165) is 11.1 Å². The van der Waals surface area contributed by atoms with Gasteiger partial charge in [-0.3, -0.25) is 9.59 Å². The first-order valence-electron chi connectivity index (χ1n) is 8.01. The Morgan fingerprint density at radius 2 is 1.80 bits per heavy atom. The first-order chi connectivity index (χ1) is 12.0. The molecule has 0 radical (unpaired) electrons. The summed E-state index contributed by atoms with van der Waals surface area (Å²) in [5.74, 6) is 0.152. The van der Waals surface area contributed by atoms with Crippen molar-refractivity contribution < 1.29 is 9.59 Å². The van der Waals surface area contributed by atoms with Crippen molar-refractivity contribution in [3.63, 3.8) is 0 Å². The smallest absolute Gasteiger partial charge is 0.228 e. The van der Waals surface area contributed by atoms with E-state index in [0.29, 0.717) is 23.5 Å². The molecule has 0 saturated heterocycles. The number of carbonyl (C=O) groups excluding carboxylic acids is 2. The highest BCUT2D eigenvalue weighted by atomic mass is 16.1. The number of amides is 1. The lowest BCUT2D eigenvalue weighted by atomic mass is 10.1. The summed E-state index contributed by atoms with van der Waals surface area (Å²) in [5.41, 5.74) is 3.29. The highest BCUT2D eigenvalue weighted by Crippen LogP contribution is 2.14. The molecule has 0 atom stereocenters. The Morgan fingerprint density at radius 3 is 2.44 bits per heavy atom. The predicted octanol–water partition coefficient (Wildman–Crippen LogP) is 3.14. The zero-order valence-corrected chi connectivity index (χ0v) is 14.2. The molecule has 0 aliphatic rings. The van der Waals surface area contributed by atoms with Gasteiger partial charge in [-0.05, 0) is 42.3 Å². The number of nitrogens with zero attached hydrogens (tertiary/aromatic N) is 2. The number of hydrogen-bond acceptors (Lipinski definition) is 3. The number of nitrogens with one attached hydrogen (secondary N) is 1. The van der Waals surface area contributed by atoms with Crippen molar-refractivity contribution in [2.45, 2.75) is 13.3 Å². The average molecular weight is 333 g/mol. The van der Waals surface area contributed by atoms with Crippen molar-refractivity contribution in [2.24, 2.45) is 7.05 Å². The van der Waals surface area contributed by atoms with Gasteiger partial charge in [-0.1, -0.05) is 24.3 Å². The minimum Gasteiger partial charge on any atom is -0.331 e. The summed E-state index contributed by atoms with van der Waals surface area (Å²) in [6.45, 7) is 1.99. The number of imidazole rings is 1. The molecule has 1 amide bonds. The molecule has 3 aromatic rings. The third-order valence-corrected chi connectivity index (χ3v) is 4.07. The largest absolute Gasteiger partial charge is 0.331 e. The van der Waals surface area contributed by atoms with E-state index in [2.05, 4.69) is 10.3 Å². The SMILES string of the molecule is Cc1ccccc1CC(=O)Nc1ccc(C(=O)c2nccn2C)cc1. The number of aromatic nitrogens is 2. The van der Waals surface area contributed by atoms with Crippen LogP contribution in [0.2, 0.25) is 0 Å². The van der Waals surface area contributed by atoms with Crippen LogP contribution in [0.3, 0.4) is 0 Å². The molecule has 0 saturated carbocycles. The quantitative estimate of drug-likeness (QED) is 0.730. The van der Waals surface area contributed by atoms with Gasteiger partial charge in [-0.2, -0.15) is 0 Å². The van der Waals surface area contributed by atoms with E-state index in [1.54, 1.807) is 48.3 Å². The van der Waals surface area contributed by atoms with Gasteiger partial charge in [0.1, 0.15) is 0 Å². The number of hydrogen-bond donors (Lipinski definition) is 1. The number of carbonyl (C=O) groups is 2. The van der Waals surface area contributed by atoms with Crippen molar-refractivity contribution in [1.29, 1.82) is 0 Å². The summed E-state index contributed by atoms with van der Waals surface area (Å²) >= 11 is 0. The first kappa shape index (κ1) is 16.6. The zero-order valence-electron chi connectivity index (χ0n) is 14.2. The van der Waals surface area contributed by atoms with Gasteiger partial charge in [0.2, 0.25) is 11.7 Å². The van der Waals surface area contributed by atoms with Gasteiger partial charge in [0, 0.05) is 30.7 Å². The van der Waals surface area contributed by atoms with Crippen molar-refractivity contribution in [3.05, 3.63) is 83.4 Å². The molecule has 126 valence electrons. The third-order valence-electron chi connectivity index (χ3n) is 4.07. The lowest BCUT2D eigenvalue weighted by Crippen LogP contribution is -2.15. The van der Waals surface area contributed by atoms with E-state index >= 15 is 0 Å². The molecule has 5 heteroatoms. The number of benzene rings is 2. The fraction of sp³-hybridized carbons (Fsp3) is 0.150. The minimum absolute atomic E-state index is 0.0857. The second kappa shape index (κ2) is 7.13. The number of anilines is 1. The lowest BCUT2D eigenvalue weighted by Gasteiger charge is -2.08. The molecule has 1 heterocycles. The van der Waals surface area contributed by atoms with Crippen molar-refractivity contribution >= 4 is 17.4 Å². The Hall–Kier alpha value is -3.21. The Labute approximate surface area is 146 Å². The molecule has 2 aromatic carbocycles. The molecule has 3 rings (SSSR count). The molecule has 0 aliphatic carbocycles. The second-order valence-corrected chi connectivity index (χ2v) is 5.92. The summed E-state index contributed by atoms with van der Waals surface area (Å²) in [7, 11) is 1.78. The van der Waals surface area contributed by atoms with Crippen molar-refractivity contribution in [3.8, 4) is 0 Å². The molecule has 25 heavy (non-hydrogen) atoms. The number of ketones is 1. The van der Waals surface area contributed by atoms with Crippen LogP contribution in [0.1, 0.15) is 27.3 Å². The van der Waals surface area contributed by atoms with Gasteiger partial charge < -0.3 is 9.88 Å². The molecule has 0 spiro atoms. The van der Waals surface area contributed by atoms with Gasteiger partial charge in [0.05, 0.1) is 6.42 Å². The molecule has 0 bridgehead atoms. The Morgan fingerprint density at radius 1 is 1.08 bits per heavy atom. The first-order valence-corrected chi connectivity index (χ1v) is 8.01. The molecular formula is C20H19N3O2. The standard InChI is InChI=1S/C20H19N3O2/c1-14-5-3-4-6-16(14)13-18(24)22-17-9-7-15(8-10-17)19(25)20-21-11-12-23(20)2/h3-12H,13H2,1-2H3,(H,22,24). The van der Waals surface area contributed by atoms with E-state index < -0.39 is 0 Å². The predicted molar refractivity (Wildman–Crippen MR) is 96.6 cm³/mol. The molecular weight excluding hydrogens is 314 g/mol. The number of aryl methyl sites for hydroxylation is 2. The van der Waals surface area contributed by atoms with E-state index in [-0.39, 0.29) is 11.7 Å². The maximum absolute atomic E-state index is 12.4. The number of rotatable bonds is 5. The summed E-state index contributed by atoms with van der Waals surface area (Å²) in [5, 5.41) is 2.86. The van der Waals surface area contributed by atoms with Crippen LogP contribution in [-0.4, -0.2) is 21.2 Å². The average Bonchev–Trinajstić information content (AvgIpc) is 3.03. The van der Waals surface area contributed by atoms with Crippen LogP contribution in [0.4, 0.5) is 5.69 Å². The van der Waals surface area contributed by atoms with Crippen LogP contribution >= 0.6 is 0 Å². The van der Waals surface area contributed by atoms with Gasteiger partial charge in [-0.25, -0.2) is 4.98 Å². The van der Waals surface area contributed by atoms with Gasteiger partial charge in [-0.15, -0.1) is 0 Å². The maximum Gasteiger partial charge on any atom is 0.228 e. The molecule has 5 nitrogen and oxygen atoms in total. The normalized spacial score (nSPS) is 10.5. The Kier molecular flexibility index (Phi) is 4.75. The van der Waals surface area contributed by atoms with Gasteiger partial charge in [0.25, 0.3) is 0 Å². The monoisotopic (exact) mass is 333 g/mol. The summed E-state index contributed by atoms with van der Waals surface area (Å²) < 4.78 is 1.68. The third kappa shape index (κ3) is 3.83. The topological polar surface area (TPSA) is 64.0 Å². The van der Waals surface area contributed by atoms with Crippen LogP contribution < -0.4 is 5.32 Å².